The van der Waals surface area contributed by atoms with E-state index >= 15 is 0 Å². The van der Waals surface area contributed by atoms with Crippen LogP contribution in [-0.2, 0) is 0 Å². The van der Waals surface area contributed by atoms with Crippen LogP contribution in [0.25, 0.3) is 11.1 Å². The molecule has 1 saturated carbocycles. The van der Waals surface area contributed by atoms with Gasteiger partial charge in [-0.3, -0.25) is 4.79 Å². The van der Waals surface area contributed by atoms with E-state index in [2.05, 4.69) is 25.8 Å². The van der Waals surface area contributed by atoms with Gasteiger partial charge in [0, 0.05) is 42.5 Å². The largest absolute Gasteiger partial charge is 0.472 e. The van der Waals surface area contributed by atoms with Crippen LogP contribution in [0.3, 0.4) is 0 Å². The topological polar surface area (TPSA) is 112 Å². The summed E-state index contributed by atoms with van der Waals surface area (Å²) in [6.07, 6.45) is 5.55. The molecule has 2 aromatic heterocycles. The van der Waals surface area contributed by atoms with Gasteiger partial charge in [0.15, 0.2) is 0 Å². The first kappa shape index (κ1) is 22.1. The molecule has 1 aromatic carbocycles. The van der Waals surface area contributed by atoms with Gasteiger partial charge in [0.1, 0.15) is 16.9 Å². The molecule has 2 aliphatic rings. The van der Waals surface area contributed by atoms with E-state index in [1.165, 1.54) is 12.3 Å². The van der Waals surface area contributed by atoms with E-state index in [-0.39, 0.29) is 23.2 Å². The highest BCUT2D eigenvalue weighted by Gasteiger charge is 2.27. The van der Waals surface area contributed by atoms with Crippen molar-refractivity contribution in [2.24, 2.45) is 0 Å². The average molecular weight is 485 g/mol. The van der Waals surface area contributed by atoms with Crippen LogP contribution < -0.4 is 25.8 Å². The second kappa shape index (κ2) is 9.30. The number of amides is 2. The van der Waals surface area contributed by atoms with Crippen molar-refractivity contribution in [1.29, 1.82) is 0 Å². The fourth-order valence-electron chi connectivity index (χ4n) is 3.86. The highest BCUT2D eigenvalue weighted by atomic mass is 35.5. The Kier molecular flexibility index (Phi) is 6.06. The number of benzene rings is 1. The molecule has 1 saturated heterocycles. The number of rotatable bonds is 6. The summed E-state index contributed by atoms with van der Waals surface area (Å²) < 4.78 is 20.8. The van der Waals surface area contributed by atoms with Gasteiger partial charge in [0.05, 0.1) is 18.4 Å². The minimum atomic E-state index is -0.468. The summed E-state index contributed by atoms with van der Waals surface area (Å²) >= 11 is 6.11. The number of halogens is 2. The Bertz CT molecular complexity index is 1280. The summed E-state index contributed by atoms with van der Waals surface area (Å²) in [5.41, 5.74) is 1.47. The Labute approximate surface area is 199 Å². The summed E-state index contributed by atoms with van der Waals surface area (Å²) in [6.45, 7) is 1.15. The van der Waals surface area contributed by atoms with Crippen LogP contribution in [-0.4, -0.2) is 46.4 Å². The molecule has 11 heteroatoms. The van der Waals surface area contributed by atoms with E-state index in [0.717, 1.165) is 12.8 Å². The van der Waals surface area contributed by atoms with Crippen molar-refractivity contribution in [3.8, 4) is 17.0 Å². The van der Waals surface area contributed by atoms with E-state index in [9.17, 15) is 14.0 Å². The Hall–Kier alpha value is -3.66. The molecule has 0 radical (unpaired) electrons. The summed E-state index contributed by atoms with van der Waals surface area (Å²) in [6, 6.07) is 7.81. The molecule has 0 spiro atoms. The first-order valence-corrected chi connectivity index (χ1v) is 11.3. The summed E-state index contributed by atoms with van der Waals surface area (Å²) in [5, 5.41) is 11.7. The number of aromatic amines is 1. The molecular weight excluding hydrogens is 463 g/mol. The minimum Gasteiger partial charge on any atom is -0.472 e. The molecule has 9 nitrogen and oxygen atoms in total. The number of urea groups is 1. The molecule has 34 heavy (non-hydrogen) atoms. The third-order valence-electron chi connectivity index (χ3n) is 5.74. The van der Waals surface area contributed by atoms with Crippen LogP contribution in [0.2, 0.25) is 5.02 Å². The maximum absolute atomic E-state index is 14.8. The van der Waals surface area contributed by atoms with Gasteiger partial charge in [-0.15, -0.1) is 0 Å². The number of aromatic nitrogens is 3. The monoisotopic (exact) mass is 484 g/mol. The molecule has 5 rings (SSSR count). The van der Waals surface area contributed by atoms with Crippen LogP contribution in [0.1, 0.15) is 19.3 Å². The van der Waals surface area contributed by atoms with E-state index in [0.29, 0.717) is 47.9 Å². The summed E-state index contributed by atoms with van der Waals surface area (Å²) in [5.74, 6) is -0.102. The Morgan fingerprint density at radius 3 is 2.88 bits per heavy atom. The Morgan fingerprint density at radius 2 is 2.09 bits per heavy atom. The number of anilines is 2. The van der Waals surface area contributed by atoms with Crippen LogP contribution in [0.15, 0.2) is 47.5 Å². The second-order valence-electron chi connectivity index (χ2n) is 8.32. The van der Waals surface area contributed by atoms with Crippen LogP contribution in [0.4, 0.5) is 20.6 Å². The zero-order valence-electron chi connectivity index (χ0n) is 18.1. The van der Waals surface area contributed by atoms with Crippen molar-refractivity contribution < 1.29 is 13.9 Å². The van der Waals surface area contributed by atoms with E-state index in [1.807, 2.05) is 4.90 Å². The summed E-state index contributed by atoms with van der Waals surface area (Å²) in [7, 11) is 0. The third kappa shape index (κ3) is 4.96. The Balaban J connectivity index is 1.25. The molecule has 3 aromatic rings. The van der Waals surface area contributed by atoms with Gasteiger partial charge in [0.25, 0.3) is 5.56 Å². The lowest BCUT2D eigenvalue weighted by molar-refractivity contribution is 0.216. The number of ether oxygens (including phenoxy) is 1. The van der Waals surface area contributed by atoms with Crippen molar-refractivity contribution in [3.63, 3.8) is 0 Å². The highest BCUT2D eigenvalue weighted by molar-refractivity contribution is 6.33. The van der Waals surface area contributed by atoms with E-state index in [1.54, 1.807) is 30.5 Å². The van der Waals surface area contributed by atoms with Crippen molar-refractivity contribution >= 4 is 29.0 Å². The molecule has 1 atom stereocenters. The van der Waals surface area contributed by atoms with Crippen LogP contribution in [0, 0.1) is 5.82 Å². The van der Waals surface area contributed by atoms with E-state index < -0.39 is 11.4 Å². The molecule has 2 fully saturated rings. The average Bonchev–Trinajstić information content (AvgIpc) is 3.50. The predicted molar refractivity (Wildman–Crippen MR) is 126 cm³/mol. The first-order chi connectivity index (χ1) is 16.5. The van der Waals surface area contributed by atoms with Gasteiger partial charge in [-0.05, 0) is 42.7 Å². The number of nitrogens with one attached hydrogen (secondary N) is 3. The normalized spacial score (nSPS) is 17.5. The fourth-order valence-corrected chi connectivity index (χ4v) is 4.07. The predicted octanol–water partition coefficient (Wildman–Crippen LogP) is 3.57. The number of pyridine rings is 1. The smallest absolute Gasteiger partial charge is 0.319 e. The zero-order chi connectivity index (χ0) is 23.7. The fraction of sp³-hybridized carbons (Fsp3) is 0.304. The van der Waals surface area contributed by atoms with Crippen molar-refractivity contribution in [1.82, 2.24) is 20.5 Å². The van der Waals surface area contributed by atoms with Gasteiger partial charge < -0.3 is 20.3 Å². The summed E-state index contributed by atoms with van der Waals surface area (Å²) in [4.78, 5) is 29.8. The van der Waals surface area contributed by atoms with Gasteiger partial charge in [0.2, 0.25) is 5.88 Å². The third-order valence-corrected chi connectivity index (χ3v) is 6.10. The van der Waals surface area contributed by atoms with E-state index in [4.69, 9.17) is 16.3 Å². The van der Waals surface area contributed by atoms with Crippen molar-refractivity contribution in [2.75, 3.05) is 23.3 Å². The number of H-pyrrole nitrogens is 1. The highest BCUT2D eigenvalue weighted by Crippen LogP contribution is 2.30. The lowest BCUT2D eigenvalue weighted by atomic mass is 10.1. The molecule has 3 N–H and O–H groups in total. The van der Waals surface area contributed by atoms with Crippen LogP contribution in [0.5, 0.6) is 5.88 Å². The van der Waals surface area contributed by atoms with Crippen molar-refractivity contribution in [3.05, 3.63) is 63.9 Å². The van der Waals surface area contributed by atoms with Gasteiger partial charge in [-0.1, -0.05) is 11.6 Å². The first-order valence-electron chi connectivity index (χ1n) is 10.9. The molecule has 1 aliphatic carbocycles. The molecule has 176 valence electrons. The quantitative estimate of drug-likeness (QED) is 0.493. The number of hydrogen-bond acceptors (Lipinski definition) is 6. The number of carbonyl (C=O) groups is 1. The van der Waals surface area contributed by atoms with Gasteiger partial charge >= 0.3 is 6.03 Å². The minimum absolute atomic E-state index is 0.0919. The Morgan fingerprint density at radius 1 is 1.24 bits per heavy atom. The van der Waals surface area contributed by atoms with Gasteiger partial charge in [-0.25, -0.2) is 19.3 Å². The zero-order valence-corrected chi connectivity index (χ0v) is 18.8. The molecule has 1 aliphatic heterocycles. The second-order valence-corrected chi connectivity index (χ2v) is 8.70. The molecule has 2 amide bonds. The molecule has 0 unspecified atom stereocenters. The number of nitrogens with zero attached hydrogens (tertiary/aromatic N) is 3. The molecule has 3 heterocycles. The van der Waals surface area contributed by atoms with Crippen molar-refractivity contribution in [2.45, 2.75) is 31.4 Å². The number of carbonyl (C=O) groups excluding carboxylic acids is 1. The standard InChI is InChI=1S/C23H22ClFN6O3/c24-21-19(11-27-30-22(21)32)31-8-6-16(12-31)34-20-9-13(5-7-26-20)17-4-3-15(10-18(17)25)29-23(33)28-14-1-2-14/h3-5,7,9-11,14,16H,1-2,6,8,12H2,(H,30,32)(H2,28,29,33)/t16-/m1/s1. The maximum Gasteiger partial charge on any atom is 0.319 e. The molecular formula is C23H22ClFN6O3. The lowest BCUT2D eigenvalue weighted by Crippen LogP contribution is -2.30. The van der Waals surface area contributed by atoms with Crippen LogP contribution >= 0.6 is 11.6 Å². The molecule has 0 bridgehead atoms. The number of hydrogen-bond donors (Lipinski definition) is 3. The maximum atomic E-state index is 14.8. The van der Waals surface area contributed by atoms with Gasteiger partial charge in [-0.2, -0.15) is 5.10 Å². The SMILES string of the molecule is O=C(Nc1ccc(-c2ccnc(O[C@@H]3CCN(c4cn[nH]c(=O)c4Cl)C3)c2)c(F)c1)NC1CC1. The lowest BCUT2D eigenvalue weighted by Gasteiger charge is -2.19.